The van der Waals surface area contributed by atoms with Crippen molar-refractivity contribution < 1.29 is 14.6 Å². The monoisotopic (exact) mass is 400 g/mol. The third-order valence-electron chi connectivity index (χ3n) is 5.21. The number of ether oxygens (including phenoxy) is 1. The summed E-state index contributed by atoms with van der Waals surface area (Å²) >= 11 is 0. The molecule has 0 aliphatic carbocycles. The molecule has 3 aromatic carbocycles. The SMILES string of the molecule is CC(C)(C)c1ccc(O)c(/C=N/NC(=O)C2c3ccccc3Oc3ccccc32)c1. The molecule has 0 aromatic heterocycles. The van der Waals surface area contributed by atoms with E-state index < -0.39 is 5.92 Å². The molecule has 0 saturated heterocycles. The van der Waals surface area contributed by atoms with E-state index in [2.05, 4.69) is 31.3 Å². The average molecular weight is 400 g/mol. The van der Waals surface area contributed by atoms with Crippen LogP contribution in [0.1, 0.15) is 48.9 Å². The van der Waals surface area contributed by atoms with Crippen molar-refractivity contribution in [3.05, 3.63) is 89.0 Å². The molecule has 1 amide bonds. The van der Waals surface area contributed by atoms with E-state index in [1.165, 1.54) is 6.21 Å². The van der Waals surface area contributed by atoms with E-state index in [0.29, 0.717) is 17.1 Å². The molecule has 152 valence electrons. The van der Waals surface area contributed by atoms with Gasteiger partial charge in [0.15, 0.2) is 0 Å². The molecule has 30 heavy (non-hydrogen) atoms. The third-order valence-corrected chi connectivity index (χ3v) is 5.21. The second-order valence-electron chi connectivity index (χ2n) is 8.37. The summed E-state index contributed by atoms with van der Waals surface area (Å²) in [4.78, 5) is 13.1. The summed E-state index contributed by atoms with van der Waals surface area (Å²) in [6.07, 6.45) is 1.47. The largest absolute Gasteiger partial charge is 0.507 e. The van der Waals surface area contributed by atoms with Gasteiger partial charge in [-0.25, -0.2) is 5.43 Å². The Balaban J connectivity index is 1.60. The number of amides is 1. The van der Waals surface area contributed by atoms with Gasteiger partial charge in [-0.1, -0.05) is 63.2 Å². The minimum atomic E-state index is -0.530. The molecule has 2 N–H and O–H groups in total. The lowest BCUT2D eigenvalue weighted by Crippen LogP contribution is -2.28. The van der Waals surface area contributed by atoms with Gasteiger partial charge in [-0.15, -0.1) is 0 Å². The number of carbonyl (C=O) groups excluding carboxylic acids is 1. The molecule has 5 heteroatoms. The van der Waals surface area contributed by atoms with E-state index in [9.17, 15) is 9.90 Å². The molecular formula is C25H24N2O3. The maximum atomic E-state index is 13.1. The Morgan fingerprint density at radius 1 is 1.00 bits per heavy atom. The number of para-hydroxylation sites is 2. The molecule has 5 nitrogen and oxygen atoms in total. The van der Waals surface area contributed by atoms with Gasteiger partial charge in [0.2, 0.25) is 0 Å². The Labute approximate surface area is 176 Å². The number of carbonyl (C=O) groups is 1. The van der Waals surface area contributed by atoms with Crippen molar-refractivity contribution in [2.75, 3.05) is 0 Å². The fourth-order valence-electron chi connectivity index (χ4n) is 3.55. The van der Waals surface area contributed by atoms with E-state index in [1.54, 1.807) is 6.07 Å². The van der Waals surface area contributed by atoms with Gasteiger partial charge >= 0.3 is 0 Å². The fraction of sp³-hybridized carbons (Fsp3) is 0.200. The van der Waals surface area contributed by atoms with Crippen molar-refractivity contribution in [2.24, 2.45) is 5.10 Å². The number of aromatic hydroxyl groups is 1. The average Bonchev–Trinajstić information content (AvgIpc) is 2.72. The summed E-state index contributed by atoms with van der Waals surface area (Å²) < 4.78 is 5.94. The molecule has 0 fully saturated rings. The number of hydrogen-bond acceptors (Lipinski definition) is 4. The molecule has 0 bridgehead atoms. The first kappa shape index (κ1) is 19.7. The van der Waals surface area contributed by atoms with Gasteiger partial charge in [-0.3, -0.25) is 4.79 Å². The number of phenolic OH excluding ortho intramolecular Hbond substituents is 1. The number of nitrogens with zero attached hydrogens (tertiary/aromatic N) is 1. The van der Waals surface area contributed by atoms with Gasteiger partial charge in [0.25, 0.3) is 5.91 Å². The van der Waals surface area contributed by atoms with E-state index >= 15 is 0 Å². The quantitative estimate of drug-likeness (QED) is 0.476. The predicted octanol–water partition coefficient (Wildman–Crippen LogP) is 5.08. The molecule has 1 aliphatic heterocycles. The second-order valence-corrected chi connectivity index (χ2v) is 8.37. The van der Waals surface area contributed by atoms with E-state index in [0.717, 1.165) is 16.7 Å². The third kappa shape index (κ3) is 3.79. The maximum absolute atomic E-state index is 13.1. The van der Waals surface area contributed by atoms with Crippen LogP contribution in [0, 0.1) is 0 Å². The van der Waals surface area contributed by atoms with Crippen LogP contribution < -0.4 is 10.2 Å². The van der Waals surface area contributed by atoms with Gasteiger partial charge in [0.1, 0.15) is 17.2 Å². The van der Waals surface area contributed by atoms with Crippen LogP contribution in [-0.2, 0) is 10.2 Å². The van der Waals surface area contributed by atoms with Gasteiger partial charge in [0.05, 0.1) is 12.1 Å². The summed E-state index contributed by atoms with van der Waals surface area (Å²) in [5.41, 5.74) is 5.78. The minimum absolute atomic E-state index is 0.0605. The Hall–Kier alpha value is -3.60. The molecule has 0 radical (unpaired) electrons. The Morgan fingerprint density at radius 2 is 1.60 bits per heavy atom. The molecule has 4 rings (SSSR count). The lowest BCUT2D eigenvalue weighted by molar-refractivity contribution is -0.121. The smallest absolute Gasteiger partial charge is 0.252 e. The van der Waals surface area contributed by atoms with Crippen LogP contribution in [-0.4, -0.2) is 17.2 Å². The highest BCUT2D eigenvalue weighted by atomic mass is 16.5. The second kappa shape index (κ2) is 7.67. The summed E-state index contributed by atoms with van der Waals surface area (Å²) in [5, 5.41) is 14.3. The van der Waals surface area contributed by atoms with Crippen LogP contribution in [0.3, 0.4) is 0 Å². The first-order valence-corrected chi connectivity index (χ1v) is 9.87. The highest BCUT2D eigenvalue weighted by Crippen LogP contribution is 2.43. The summed E-state index contributed by atoms with van der Waals surface area (Å²) in [5.74, 6) is 0.646. The number of hydrazone groups is 1. The predicted molar refractivity (Wildman–Crippen MR) is 117 cm³/mol. The van der Waals surface area contributed by atoms with Crippen molar-refractivity contribution in [2.45, 2.75) is 32.1 Å². The zero-order valence-corrected chi connectivity index (χ0v) is 17.2. The van der Waals surface area contributed by atoms with Crippen LogP contribution in [0.5, 0.6) is 17.2 Å². The van der Waals surface area contributed by atoms with Crippen molar-refractivity contribution in [3.8, 4) is 17.2 Å². The highest BCUT2D eigenvalue weighted by Gasteiger charge is 2.32. The molecule has 1 heterocycles. The van der Waals surface area contributed by atoms with Crippen molar-refractivity contribution in [1.29, 1.82) is 0 Å². The standard InChI is InChI=1S/C25H24N2O3/c1-25(2,3)17-12-13-20(28)16(14-17)15-26-27-24(29)23-18-8-4-6-10-21(18)30-22-11-7-5-9-19(22)23/h4-15,23,28H,1-3H3,(H,27,29)/b26-15+. The maximum Gasteiger partial charge on any atom is 0.252 e. The van der Waals surface area contributed by atoms with Gasteiger partial charge in [0, 0.05) is 16.7 Å². The van der Waals surface area contributed by atoms with E-state index in [-0.39, 0.29) is 17.1 Å². The van der Waals surface area contributed by atoms with Crippen LogP contribution in [0.4, 0.5) is 0 Å². The lowest BCUT2D eigenvalue weighted by Gasteiger charge is -2.26. The van der Waals surface area contributed by atoms with Crippen LogP contribution in [0.25, 0.3) is 0 Å². The number of hydrogen-bond donors (Lipinski definition) is 2. The van der Waals surface area contributed by atoms with Crippen LogP contribution >= 0.6 is 0 Å². The van der Waals surface area contributed by atoms with Crippen LogP contribution in [0.15, 0.2) is 71.8 Å². The molecule has 0 atom stereocenters. The van der Waals surface area contributed by atoms with Gasteiger partial charge < -0.3 is 9.84 Å². The number of phenols is 1. The normalized spacial score (nSPS) is 13.4. The van der Waals surface area contributed by atoms with Crippen molar-refractivity contribution in [3.63, 3.8) is 0 Å². The zero-order chi connectivity index (χ0) is 21.3. The van der Waals surface area contributed by atoms with E-state index in [4.69, 9.17) is 4.74 Å². The Bertz CT molecular complexity index is 1080. The highest BCUT2D eigenvalue weighted by molar-refractivity contribution is 5.91. The molecule has 1 aliphatic rings. The number of nitrogens with one attached hydrogen (secondary N) is 1. The lowest BCUT2D eigenvalue weighted by atomic mass is 9.86. The molecular weight excluding hydrogens is 376 g/mol. The molecule has 0 unspecified atom stereocenters. The Kier molecular flexibility index (Phi) is 5.04. The first-order chi connectivity index (χ1) is 14.3. The molecule has 3 aromatic rings. The summed E-state index contributed by atoms with van der Waals surface area (Å²) in [7, 11) is 0. The number of benzene rings is 3. The van der Waals surface area contributed by atoms with Gasteiger partial charge in [-0.2, -0.15) is 5.10 Å². The molecule has 0 spiro atoms. The zero-order valence-electron chi connectivity index (χ0n) is 17.2. The number of fused-ring (bicyclic) bond motifs is 2. The minimum Gasteiger partial charge on any atom is -0.507 e. The van der Waals surface area contributed by atoms with E-state index in [1.807, 2.05) is 60.7 Å². The van der Waals surface area contributed by atoms with Crippen LogP contribution in [0.2, 0.25) is 0 Å². The Morgan fingerprint density at radius 3 is 2.20 bits per heavy atom. The summed E-state index contributed by atoms with van der Waals surface area (Å²) in [6, 6.07) is 20.4. The number of rotatable bonds is 3. The summed E-state index contributed by atoms with van der Waals surface area (Å²) in [6.45, 7) is 6.30. The van der Waals surface area contributed by atoms with Gasteiger partial charge in [-0.05, 0) is 35.2 Å². The first-order valence-electron chi connectivity index (χ1n) is 9.87. The topological polar surface area (TPSA) is 70.9 Å². The fourth-order valence-corrected chi connectivity index (χ4v) is 3.55. The molecule has 0 saturated carbocycles. The van der Waals surface area contributed by atoms with Crippen molar-refractivity contribution >= 4 is 12.1 Å². The van der Waals surface area contributed by atoms with Crippen molar-refractivity contribution in [1.82, 2.24) is 5.43 Å².